The van der Waals surface area contributed by atoms with E-state index in [0.29, 0.717) is 0 Å². The Bertz CT molecular complexity index is 632. The Labute approximate surface area is 98.4 Å². The molecule has 0 N–H and O–H groups in total. The Balaban J connectivity index is 2.20. The van der Waals surface area contributed by atoms with Crippen molar-refractivity contribution >= 4 is 5.65 Å². The minimum atomic E-state index is -0.225. The van der Waals surface area contributed by atoms with E-state index in [1.165, 1.54) is 12.1 Å². The number of nitrogens with zero attached hydrogens (tertiary/aromatic N) is 2. The SMILES string of the molecule is Cc1cc(F)cc(-c2cn3ccccc3n2)c1. The lowest BCUT2D eigenvalue weighted by atomic mass is 10.1. The summed E-state index contributed by atoms with van der Waals surface area (Å²) in [6.45, 7) is 1.88. The summed E-state index contributed by atoms with van der Waals surface area (Å²) < 4.78 is 15.3. The van der Waals surface area contributed by atoms with Crippen LogP contribution in [0, 0.1) is 12.7 Å². The van der Waals surface area contributed by atoms with E-state index in [4.69, 9.17) is 0 Å². The maximum absolute atomic E-state index is 13.3. The number of pyridine rings is 1. The highest BCUT2D eigenvalue weighted by atomic mass is 19.1. The van der Waals surface area contributed by atoms with E-state index in [0.717, 1.165) is 22.5 Å². The van der Waals surface area contributed by atoms with Crippen molar-refractivity contribution < 1.29 is 4.39 Å². The molecule has 0 bridgehead atoms. The van der Waals surface area contributed by atoms with Gasteiger partial charge in [0.1, 0.15) is 11.5 Å². The maximum Gasteiger partial charge on any atom is 0.137 e. The number of imidazole rings is 1. The average Bonchev–Trinajstić information content (AvgIpc) is 2.71. The van der Waals surface area contributed by atoms with E-state index in [1.807, 2.05) is 48.0 Å². The highest BCUT2D eigenvalue weighted by molar-refractivity contribution is 5.63. The third kappa shape index (κ3) is 1.80. The molecule has 2 aromatic heterocycles. The molecule has 0 amide bonds. The summed E-state index contributed by atoms with van der Waals surface area (Å²) >= 11 is 0. The second-order valence-electron chi connectivity index (χ2n) is 4.11. The number of halogens is 1. The molecule has 0 fully saturated rings. The number of benzene rings is 1. The van der Waals surface area contributed by atoms with Gasteiger partial charge < -0.3 is 4.40 Å². The van der Waals surface area contributed by atoms with Crippen molar-refractivity contribution in [1.82, 2.24) is 9.38 Å². The Kier molecular flexibility index (Phi) is 2.18. The first-order valence-electron chi connectivity index (χ1n) is 5.44. The van der Waals surface area contributed by atoms with Gasteiger partial charge in [0.25, 0.3) is 0 Å². The third-order valence-electron chi connectivity index (χ3n) is 2.70. The molecule has 3 rings (SSSR count). The first-order valence-corrected chi connectivity index (χ1v) is 5.44. The van der Waals surface area contributed by atoms with Crippen molar-refractivity contribution in [2.24, 2.45) is 0 Å². The summed E-state index contributed by atoms with van der Waals surface area (Å²) in [6.07, 6.45) is 3.83. The van der Waals surface area contributed by atoms with E-state index in [1.54, 1.807) is 0 Å². The number of hydrogen-bond acceptors (Lipinski definition) is 1. The second kappa shape index (κ2) is 3.70. The Morgan fingerprint density at radius 1 is 1.18 bits per heavy atom. The molecule has 3 aromatic rings. The fourth-order valence-electron chi connectivity index (χ4n) is 1.96. The number of aromatic nitrogens is 2. The molecule has 0 saturated heterocycles. The first kappa shape index (κ1) is 10.0. The molecule has 0 atom stereocenters. The van der Waals surface area contributed by atoms with Gasteiger partial charge in [0.15, 0.2) is 0 Å². The zero-order valence-corrected chi connectivity index (χ0v) is 9.39. The lowest BCUT2D eigenvalue weighted by Crippen LogP contribution is -1.83. The molecule has 0 unspecified atom stereocenters. The zero-order valence-electron chi connectivity index (χ0n) is 9.39. The molecule has 84 valence electrons. The van der Waals surface area contributed by atoms with Crippen LogP contribution >= 0.6 is 0 Å². The van der Waals surface area contributed by atoms with Gasteiger partial charge in [0.2, 0.25) is 0 Å². The predicted molar refractivity (Wildman–Crippen MR) is 65.3 cm³/mol. The third-order valence-corrected chi connectivity index (χ3v) is 2.70. The molecule has 0 radical (unpaired) electrons. The molecule has 3 heteroatoms. The van der Waals surface area contributed by atoms with Crippen LogP contribution in [-0.4, -0.2) is 9.38 Å². The van der Waals surface area contributed by atoms with Crippen molar-refractivity contribution in [2.45, 2.75) is 6.92 Å². The topological polar surface area (TPSA) is 17.3 Å². The van der Waals surface area contributed by atoms with Crippen LogP contribution in [0.4, 0.5) is 4.39 Å². The molecule has 0 aliphatic carbocycles. The van der Waals surface area contributed by atoms with Crippen LogP contribution in [0.5, 0.6) is 0 Å². The van der Waals surface area contributed by atoms with E-state index < -0.39 is 0 Å². The standard InChI is InChI=1S/C14H11FN2/c1-10-6-11(8-12(15)7-10)13-9-17-5-3-2-4-14(17)16-13/h2-9H,1H3. The fourth-order valence-corrected chi connectivity index (χ4v) is 1.96. The van der Waals surface area contributed by atoms with Gasteiger partial charge in [-0.05, 0) is 42.8 Å². The monoisotopic (exact) mass is 226 g/mol. The van der Waals surface area contributed by atoms with Gasteiger partial charge in [0, 0.05) is 18.0 Å². The van der Waals surface area contributed by atoms with E-state index in [9.17, 15) is 4.39 Å². The van der Waals surface area contributed by atoms with Crippen molar-refractivity contribution in [1.29, 1.82) is 0 Å². The minimum Gasteiger partial charge on any atom is -0.306 e. The Hall–Kier alpha value is -2.16. The van der Waals surface area contributed by atoms with Crippen LogP contribution in [0.25, 0.3) is 16.9 Å². The van der Waals surface area contributed by atoms with Gasteiger partial charge >= 0.3 is 0 Å². The van der Waals surface area contributed by atoms with Crippen LogP contribution in [-0.2, 0) is 0 Å². The highest BCUT2D eigenvalue weighted by Crippen LogP contribution is 2.21. The minimum absolute atomic E-state index is 0.225. The predicted octanol–water partition coefficient (Wildman–Crippen LogP) is 3.45. The van der Waals surface area contributed by atoms with Crippen molar-refractivity contribution in [3.63, 3.8) is 0 Å². The molecule has 0 saturated carbocycles. The molecule has 0 aliphatic heterocycles. The Morgan fingerprint density at radius 3 is 2.82 bits per heavy atom. The van der Waals surface area contributed by atoms with Crippen molar-refractivity contribution in [3.8, 4) is 11.3 Å². The number of fused-ring (bicyclic) bond motifs is 1. The number of hydrogen-bond donors (Lipinski definition) is 0. The van der Waals surface area contributed by atoms with Crippen LogP contribution in [0.1, 0.15) is 5.56 Å². The summed E-state index contributed by atoms with van der Waals surface area (Å²) in [5.41, 5.74) is 3.37. The fraction of sp³-hybridized carbons (Fsp3) is 0.0714. The summed E-state index contributed by atoms with van der Waals surface area (Å²) in [4.78, 5) is 4.46. The summed E-state index contributed by atoms with van der Waals surface area (Å²) in [7, 11) is 0. The molecule has 17 heavy (non-hydrogen) atoms. The van der Waals surface area contributed by atoms with Crippen LogP contribution in [0.15, 0.2) is 48.8 Å². The first-order chi connectivity index (χ1) is 8.22. The molecular weight excluding hydrogens is 215 g/mol. The summed E-state index contributed by atoms with van der Waals surface area (Å²) in [5.74, 6) is -0.225. The largest absolute Gasteiger partial charge is 0.306 e. The lowest BCUT2D eigenvalue weighted by Gasteiger charge is -1.99. The summed E-state index contributed by atoms with van der Waals surface area (Å²) in [5, 5.41) is 0. The van der Waals surface area contributed by atoms with Gasteiger partial charge in [-0.3, -0.25) is 0 Å². The van der Waals surface area contributed by atoms with Gasteiger partial charge in [-0.1, -0.05) is 6.07 Å². The normalized spacial score (nSPS) is 10.9. The Morgan fingerprint density at radius 2 is 2.06 bits per heavy atom. The highest BCUT2D eigenvalue weighted by Gasteiger charge is 2.05. The van der Waals surface area contributed by atoms with E-state index in [-0.39, 0.29) is 5.82 Å². The molecule has 2 nitrogen and oxygen atoms in total. The van der Waals surface area contributed by atoms with Crippen LogP contribution < -0.4 is 0 Å². The summed E-state index contributed by atoms with van der Waals surface area (Å²) in [6, 6.07) is 10.8. The second-order valence-corrected chi connectivity index (χ2v) is 4.11. The number of aryl methyl sites for hydroxylation is 1. The molecule has 0 aliphatic rings. The van der Waals surface area contributed by atoms with E-state index in [2.05, 4.69) is 4.98 Å². The molecule has 0 spiro atoms. The van der Waals surface area contributed by atoms with Gasteiger partial charge in [0.05, 0.1) is 5.69 Å². The zero-order chi connectivity index (χ0) is 11.8. The number of rotatable bonds is 1. The van der Waals surface area contributed by atoms with Gasteiger partial charge in [-0.25, -0.2) is 9.37 Å². The lowest BCUT2D eigenvalue weighted by molar-refractivity contribution is 0.627. The smallest absolute Gasteiger partial charge is 0.137 e. The average molecular weight is 226 g/mol. The van der Waals surface area contributed by atoms with Crippen LogP contribution in [0.3, 0.4) is 0 Å². The molecule has 1 aromatic carbocycles. The molecule has 2 heterocycles. The quantitative estimate of drug-likeness (QED) is 0.621. The van der Waals surface area contributed by atoms with Crippen molar-refractivity contribution in [2.75, 3.05) is 0 Å². The van der Waals surface area contributed by atoms with Crippen LogP contribution in [0.2, 0.25) is 0 Å². The molecular formula is C14H11FN2. The van der Waals surface area contributed by atoms with Crippen molar-refractivity contribution in [3.05, 3.63) is 60.2 Å². The van der Waals surface area contributed by atoms with Gasteiger partial charge in [-0.2, -0.15) is 0 Å². The maximum atomic E-state index is 13.3. The van der Waals surface area contributed by atoms with E-state index >= 15 is 0 Å². The van der Waals surface area contributed by atoms with Gasteiger partial charge in [-0.15, -0.1) is 0 Å².